The molecular weight excluding hydrogens is 476 g/mol. The van der Waals surface area contributed by atoms with Gasteiger partial charge in [0.2, 0.25) is 0 Å². The predicted octanol–water partition coefficient (Wildman–Crippen LogP) is 5.31. The molecule has 0 fully saturated rings. The molecule has 0 aliphatic rings. The maximum atomic E-state index is 12.6. The molecule has 0 spiro atoms. The van der Waals surface area contributed by atoms with Crippen LogP contribution in [0, 0.1) is 0 Å². The minimum atomic E-state index is -0.519. The van der Waals surface area contributed by atoms with E-state index in [1.807, 2.05) is 30.3 Å². The van der Waals surface area contributed by atoms with E-state index in [4.69, 9.17) is 25.8 Å². The summed E-state index contributed by atoms with van der Waals surface area (Å²) in [7, 11) is 1.53. The van der Waals surface area contributed by atoms with E-state index >= 15 is 0 Å². The molecule has 1 heterocycles. The molecule has 1 aromatic heterocycles. The largest absolute Gasteiger partial charge is 0.493 e. The molecule has 3 aromatic carbocycles. The van der Waals surface area contributed by atoms with Crippen LogP contribution in [-0.4, -0.2) is 31.8 Å². The molecule has 9 heteroatoms. The van der Waals surface area contributed by atoms with E-state index in [0.29, 0.717) is 32.7 Å². The molecular formula is C25H19ClN2O5S. The second-order valence-corrected chi connectivity index (χ2v) is 8.36. The zero-order valence-corrected chi connectivity index (χ0v) is 19.6. The lowest BCUT2D eigenvalue weighted by atomic mass is 10.2. The number of esters is 1. The van der Waals surface area contributed by atoms with Gasteiger partial charge >= 0.3 is 5.97 Å². The fourth-order valence-corrected chi connectivity index (χ4v) is 4.40. The molecule has 0 saturated heterocycles. The van der Waals surface area contributed by atoms with E-state index < -0.39 is 11.9 Å². The summed E-state index contributed by atoms with van der Waals surface area (Å²) < 4.78 is 17.0. The quantitative estimate of drug-likeness (QED) is 0.155. The third kappa shape index (κ3) is 5.54. The zero-order valence-electron chi connectivity index (χ0n) is 18.0. The molecule has 0 aliphatic carbocycles. The molecule has 0 radical (unpaired) electrons. The van der Waals surface area contributed by atoms with Crippen molar-refractivity contribution in [3.63, 3.8) is 0 Å². The lowest BCUT2D eigenvalue weighted by Crippen LogP contribution is -2.24. The van der Waals surface area contributed by atoms with Crippen LogP contribution in [0.1, 0.15) is 15.2 Å². The second kappa shape index (κ2) is 10.8. The number of amides is 1. The van der Waals surface area contributed by atoms with Gasteiger partial charge in [-0.3, -0.25) is 4.79 Å². The zero-order chi connectivity index (χ0) is 23.9. The highest BCUT2D eigenvalue weighted by Crippen LogP contribution is 2.35. The van der Waals surface area contributed by atoms with E-state index in [-0.39, 0.29) is 6.61 Å². The minimum absolute atomic E-state index is 0.215. The molecule has 7 nitrogen and oxygen atoms in total. The summed E-state index contributed by atoms with van der Waals surface area (Å²) >= 11 is 7.63. The number of thiophene rings is 1. The van der Waals surface area contributed by atoms with Crippen LogP contribution in [0.4, 0.5) is 0 Å². The minimum Gasteiger partial charge on any atom is -0.493 e. The van der Waals surface area contributed by atoms with Crippen molar-refractivity contribution in [3.8, 4) is 17.2 Å². The SMILES string of the molecule is COc1ccccc1OCC(=O)N/N=C/c1ccc(OC(=O)c2sc3ccccc3c2Cl)cc1. The highest BCUT2D eigenvalue weighted by atomic mass is 35.5. The summed E-state index contributed by atoms with van der Waals surface area (Å²) in [5.74, 6) is 0.424. The van der Waals surface area contributed by atoms with Crippen molar-refractivity contribution in [2.75, 3.05) is 13.7 Å². The fourth-order valence-electron chi connectivity index (χ4n) is 3.01. The van der Waals surface area contributed by atoms with Crippen molar-refractivity contribution < 1.29 is 23.8 Å². The lowest BCUT2D eigenvalue weighted by Gasteiger charge is -2.09. The molecule has 0 bridgehead atoms. The van der Waals surface area contributed by atoms with Gasteiger partial charge in [0.25, 0.3) is 5.91 Å². The highest BCUT2D eigenvalue weighted by molar-refractivity contribution is 7.21. The number of nitrogens with one attached hydrogen (secondary N) is 1. The van der Waals surface area contributed by atoms with Crippen LogP contribution in [0.25, 0.3) is 10.1 Å². The van der Waals surface area contributed by atoms with Crippen molar-refractivity contribution in [2.45, 2.75) is 0 Å². The van der Waals surface area contributed by atoms with Gasteiger partial charge in [0.05, 0.1) is 18.3 Å². The van der Waals surface area contributed by atoms with Crippen LogP contribution >= 0.6 is 22.9 Å². The fraction of sp³-hybridized carbons (Fsp3) is 0.0800. The normalized spacial score (nSPS) is 10.9. The van der Waals surface area contributed by atoms with Gasteiger partial charge in [-0.1, -0.05) is 41.9 Å². The number of para-hydroxylation sites is 2. The first-order chi connectivity index (χ1) is 16.5. The lowest BCUT2D eigenvalue weighted by molar-refractivity contribution is -0.123. The average Bonchev–Trinajstić information content (AvgIpc) is 3.20. The number of hydrazone groups is 1. The first-order valence-corrected chi connectivity index (χ1v) is 11.3. The van der Waals surface area contributed by atoms with E-state index in [2.05, 4.69) is 10.5 Å². The van der Waals surface area contributed by atoms with E-state index in [9.17, 15) is 9.59 Å². The van der Waals surface area contributed by atoms with Crippen molar-refractivity contribution >= 4 is 51.1 Å². The van der Waals surface area contributed by atoms with Gasteiger partial charge in [-0.15, -0.1) is 11.3 Å². The van der Waals surface area contributed by atoms with Gasteiger partial charge in [0, 0.05) is 10.1 Å². The van der Waals surface area contributed by atoms with Crippen LogP contribution in [0.3, 0.4) is 0 Å². The Balaban J connectivity index is 1.29. The van der Waals surface area contributed by atoms with Crippen LogP contribution in [0.5, 0.6) is 17.2 Å². The van der Waals surface area contributed by atoms with Crippen molar-refractivity contribution in [1.82, 2.24) is 5.43 Å². The van der Waals surface area contributed by atoms with Crippen molar-refractivity contribution in [3.05, 3.63) is 88.3 Å². The number of hydrogen-bond acceptors (Lipinski definition) is 7. The standard InChI is InChI=1S/C25H19ClN2O5S/c1-31-19-7-3-4-8-20(19)32-15-22(29)28-27-14-16-10-12-17(13-11-16)33-25(30)24-23(26)18-6-2-5-9-21(18)34-24/h2-14H,15H2,1H3,(H,28,29)/b27-14+. The average molecular weight is 495 g/mol. The highest BCUT2D eigenvalue weighted by Gasteiger charge is 2.18. The Morgan fingerprint density at radius 2 is 1.71 bits per heavy atom. The molecule has 1 N–H and O–H groups in total. The molecule has 1 amide bonds. The van der Waals surface area contributed by atoms with Gasteiger partial charge in [-0.25, -0.2) is 10.2 Å². The van der Waals surface area contributed by atoms with Gasteiger partial charge in [0.1, 0.15) is 10.6 Å². The Morgan fingerprint density at radius 1 is 1.00 bits per heavy atom. The maximum Gasteiger partial charge on any atom is 0.355 e. The number of benzene rings is 3. The number of methoxy groups -OCH3 is 1. The first-order valence-electron chi connectivity index (χ1n) is 10.1. The summed E-state index contributed by atoms with van der Waals surface area (Å²) in [5, 5.41) is 5.12. The van der Waals surface area contributed by atoms with E-state index in [1.54, 1.807) is 42.5 Å². The Morgan fingerprint density at radius 3 is 2.44 bits per heavy atom. The van der Waals surface area contributed by atoms with Gasteiger partial charge < -0.3 is 14.2 Å². The molecule has 0 saturated carbocycles. The van der Waals surface area contributed by atoms with Gasteiger partial charge in [-0.05, 0) is 48.0 Å². The van der Waals surface area contributed by atoms with Gasteiger partial charge in [0.15, 0.2) is 18.1 Å². The summed E-state index contributed by atoms with van der Waals surface area (Å²) in [6, 6.07) is 21.2. The van der Waals surface area contributed by atoms with Crippen LogP contribution in [0.2, 0.25) is 5.02 Å². The summed E-state index contributed by atoms with van der Waals surface area (Å²) in [4.78, 5) is 24.9. The van der Waals surface area contributed by atoms with Gasteiger partial charge in [-0.2, -0.15) is 5.10 Å². The number of halogens is 1. The first kappa shape index (κ1) is 23.3. The topological polar surface area (TPSA) is 86.2 Å². The van der Waals surface area contributed by atoms with Crippen LogP contribution < -0.4 is 19.6 Å². The Labute approximate surface area is 204 Å². The molecule has 0 atom stereocenters. The summed E-state index contributed by atoms with van der Waals surface area (Å²) in [6.45, 7) is -0.215. The number of fused-ring (bicyclic) bond motifs is 1. The van der Waals surface area contributed by atoms with E-state index in [0.717, 1.165) is 10.1 Å². The van der Waals surface area contributed by atoms with E-state index in [1.165, 1.54) is 24.7 Å². The Kier molecular flexibility index (Phi) is 7.41. The maximum absolute atomic E-state index is 12.6. The number of carbonyl (C=O) groups excluding carboxylic acids is 2. The second-order valence-electron chi connectivity index (χ2n) is 6.93. The van der Waals surface area contributed by atoms with Crippen LogP contribution in [0.15, 0.2) is 77.9 Å². The number of ether oxygens (including phenoxy) is 3. The number of carbonyl (C=O) groups is 2. The Hall–Kier alpha value is -3.88. The molecule has 0 unspecified atom stereocenters. The third-order valence-electron chi connectivity index (χ3n) is 4.64. The number of nitrogens with zero attached hydrogens (tertiary/aromatic N) is 1. The molecule has 172 valence electrons. The number of rotatable bonds is 8. The summed E-state index contributed by atoms with van der Waals surface area (Å²) in [6.07, 6.45) is 1.47. The van der Waals surface area contributed by atoms with Crippen LogP contribution in [-0.2, 0) is 4.79 Å². The predicted molar refractivity (Wildman–Crippen MR) is 132 cm³/mol. The Bertz CT molecular complexity index is 1350. The summed E-state index contributed by atoms with van der Waals surface area (Å²) in [5.41, 5.74) is 3.09. The van der Waals surface area contributed by atoms with Crippen molar-refractivity contribution in [1.29, 1.82) is 0 Å². The smallest absolute Gasteiger partial charge is 0.355 e. The number of hydrogen-bond donors (Lipinski definition) is 1. The molecule has 4 rings (SSSR count). The molecule has 4 aromatic rings. The third-order valence-corrected chi connectivity index (χ3v) is 6.30. The molecule has 0 aliphatic heterocycles. The molecule has 34 heavy (non-hydrogen) atoms. The monoisotopic (exact) mass is 494 g/mol. The van der Waals surface area contributed by atoms with Crippen molar-refractivity contribution in [2.24, 2.45) is 5.10 Å².